The third-order valence-electron chi connectivity index (χ3n) is 4.13. The first-order chi connectivity index (χ1) is 10.2. The van der Waals surface area contributed by atoms with Crippen LogP contribution in [0.3, 0.4) is 0 Å². The van der Waals surface area contributed by atoms with E-state index in [0.29, 0.717) is 6.54 Å². The second-order valence-electron chi connectivity index (χ2n) is 5.69. The van der Waals surface area contributed by atoms with Gasteiger partial charge in [0.15, 0.2) is 5.96 Å². The van der Waals surface area contributed by atoms with Gasteiger partial charge in [-0.25, -0.2) is 4.98 Å². The second kappa shape index (κ2) is 9.98. The molecule has 0 bridgehead atoms. The summed E-state index contributed by atoms with van der Waals surface area (Å²) >= 11 is 0. The number of rotatable bonds is 5. The predicted octanol–water partition coefficient (Wildman–Crippen LogP) is 0.830. The maximum atomic E-state index is 4.24. The molecule has 2 heterocycles. The SMILES string of the molecule is CN=C(NCCC1CCN(C)CC1)NCc1ncnn1C.I. The van der Waals surface area contributed by atoms with E-state index in [4.69, 9.17) is 0 Å². The summed E-state index contributed by atoms with van der Waals surface area (Å²) in [4.78, 5) is 10.8. The molecular formula is C14H28IN7. The van der Waals surface area contributed by atoms with Crippen LogP contribution in [-0.4, -0.2) is 59.4 Å². The molecule has 126 valence electrons. The van der Waals surface area contributed by atoms with Gasteiger partial charge in [0.1, 0.15) is 12.2 Å². The number of piperidine rings is 1. The smallest absolute Gasteiger partial charge is 0.191 e. The summed E-state index contributed by atoms with van der Waals surface area (Å²) in [6, 6.07) is 0. The molecule has 0 atom stereocenters. The molecule has 2 rings (SSSR count). The van der Waals surface area contributed by atoms with Crippen LogP contribution in [0.15, 0.2) is 11.3 Å². The summed E-state index contributed by atoms with van der Waals surface area (Å²) < 4.78 is 1.76. The summed E-state index contributed by atoms with van der Waals surface area (Å²) in [7, 11) is 5.88. The first kappa shape index (κ1) is 19.1. The lowest BCUT2D eigenvalue weighted by atomic mass is 9.94. The lowest BCUT2D eigenvalue weighted by Crippen LogP contribution is -2.39. The zero-order valence-corrected chi connectivity index (χ0v) is 16.1. The average Bonchev–Trinajstić information content (AvgIpc) is 2.90. The van der Waals surface area contributed by atoms with Gasteiger partial charge in [-0.2, -0.15) is 5.10 Å². The maximum Gasteiger partial charge on any atom is 0.191 e. The third-order valence-corrected chi connectivity index (χ3v) is 4.13. The van der Waals surface area contributed by atoms with Crippen molar-refractivity contribution < 1.29 is 0 Å². The van der Waals surface area contributed by atoms with Gasteiger partial charge in [0.25, 0.3) is 0 Å². The van der Waals surface area contributed by atoms with E-state index >= 15 is 0 Å². The second-order valence-corrected chi connectivity index (χ2v) is 5.69. The quantitative estimate of drug-likeness (QED) is 0.419. The molecule has 22 heavy (non-hydrogen) atoms. The number of halogens is 1. The number of likely N-dealkylation sites (tertiary alicyclic amines) is 1. The van der Waals surface area contributed by atoms with E-state index in [1.165, 1.54) is 32.4 Å². The van der Waals surface area contributed by atoms with Crippen molar-refractivity contribution in [2.75, 3.05) is 33.7 Å². The summed E-state index contributed by atoms with van der Waals surface area (Å²) in [5.74, 6) is 2.56. The van der Waals surface area contributed by atoms with E-state index in [0.717, 1.165) is 24.2 Å². The van der Waals surface area contributed by atoms with Gasteiger partial charge >= 0.3 is 0 Å². The monoisotopic (exact) mass is 421 g/mol. The zero-order valence-electron chi connectivity index (χ0n) is 13.7. The highest BCUT2D eigenvalue weighted by atomic mass is 127. The predicted molar refractivity (Wildman–Crippen MR) is 99.5 cm³/mol. The molecule has 1 aromatic heterocycles. The van der Waals surface area contributed by atoms with E-state index in [9.17, 15) is 0 Å². The largest absolute Gasteiger partial charge is 0.356 e. The molecule has 1 aliphatic rings. The number of aryl methyl sites for hydroxylation is 1. The van der Waals surface area contributed by atoms with Gasteiger partial charge in [-0.1, -0.05) is 0 Å². The van der Waals surface area contributed by atoms with Gasteiger partial charge in [0.2, 0.25) is 0 Å². The molecule has 0 spiro atoms. The van der Waals surface area contributed by atoms with Gasteiger partial charge < -0.3 is 15.5 Å². The van der Waals surface area contributed by atoms with Crippen LogP contribution in [-0.2, 0) is 13.6 Å². The summed E-state index contributed by atoms with van der Waals surface area (Å²) in [5, 5.41) is 10.7. The molecular weight excluding hydrogens is 393 g/mol. The van der Waals surface area contributed by atoms with Crippen LogP contribution in [0.2, 0.25) is 0 Å². The van der Waals surface area contributed by atoms with Gasteiger partial charge in [-0.15, -0.1) is 24.0 Å². The Morgan fingerprint density at radius 3 is 2.64 bits per heavy atom. The lowest BCUT2D eigenvalue weighted by Gasteiger charge is -2.29. The van der Waals surface area contributed by atoms with Gasteiger partial charge in [0.05, 0.1) is 6.54 Å². The summed E-state index contributed by atoms with van der Waals surface area (Å²) in [6.07, 6.45) is 5.39. The molecule has 1 fully saturated rings. The highest BCUT2D eigenvalue weighted by molar-refractivity contribution is 14.0. The highest BCUT2D eigenvalue weighted by Crippen LogP contribution is 2.18. The minimum Gasteiger partial charge on any atom is -0.356 e. The molecule has 0 amide bonds. The van der Waals surface area contributed by atoms with Crippen LogP contribution in [0.5, 0.6) is 0 Å². The highest BCUT2D eigenvalue weighted by Gasteiger charge is 2.16. The van der Waals surface area contributed by atoms with Gasteiger partial charge in [0, 0.05) is 20.6 Å². The van der Waals surface area contributed by atoms with E-state index < -0.39 is 0 Å². The van der Waals surface area contributed by atoms with Gasteiger partial charge in [-0.05, 0) is 45.3 Å². The Morgan fingerprint density at radius 1 is 1.32 bits per heavy atom. The van der Waals surface area contributed by atoms with Crippen molar-refractivity contribution in [2.24, 2.45) is 18.0 Å². The molecule has 0 aliphatic carbocycles. The van der Waals surface area contributed by atoms with Gasteiger partial charge in [-0.3, -0.25) is 9.67 Å². The number of aliphatic imine (C=N–C) groups is 1. The Balaban J connectivity index is 0.00000242. The molecule has 8 heteroatoms. The Kier molecular flexibility index (Phi) is 8.69. The Morgan fingerprint density at radius 2 is 2.05 bits per heavy atom. The zero-order chi connectivity index (χ0) is 15.1. The molecule has 0 unspecified atom stereocenters. The Bertz CT molecular complexity index is 452. The van der Waals surface area contributed by atoms with Crippen molar-refractivity contribution >= 4 is 29.9 Å². The number of hydrogen-bond donors (Lipinski definition) is 2. The van der Waals surface area contributed by atoms with Crippen LogP contribution < -0.4 is 10.6 Å². The van der Waals surface area contributed by atoms with E-state index in [-0.39, 0.29) is 24.0 Å². The molecule has 0 saturated carbocycles. The number of aromatic nitrogens is 3. The molecule has 1 aromatic rings. The van der Waals surface area contributed by atoms with Crippen LogP contribution in [0.25, 0.3) is 0 Å². The number of guanidine groups is 1. The molecule has 1 aliphatic heterocycles. The molecule has 1 saturated heterocycles. The minimum atomic E-state index is 0. The van der Waals surface area contributed by atoms with Crippen LogP contribution in [0, 0.1) is 5.92 Å². The van der Waals surface area contributed by atoms with Crippen molar-refractivity contribution in [3.05, 3.63) is 12.2 Å². The lowest BCUT2D eigenvalue weighted by molar-refractivity contribution is 0.213. The first-order valence-electron chi connectivity index (χ1n) is 7.65. The Labute approximate surface area is 150 Å². The topological polar surface area (TPSA) is 70.4 Å². The summed E-state index contributed by atoms with van der Waals surface area (Å²) in [5.41, 5.74) is 0. The fraction of sp³-hybridized carbons (Fsp3) is 0.786. The Hall–Kier alpha value is -0.900. The van der Waals surface area contributed by atoms with Crippen molar-refractivity contribution in [1.29, 1.82) is 0 Å². The van der Waals surface area contributed by atoms with E-state index in [2.05, 4.69) is 37.7 Å². The average molecular weight is 421 g/mol. The number of nitrogens with zero attached hydrogens (tertiary/aromatic N) is 5. The van der Waals surface area contributed by atoms with E-state index in [1.54, 1.807) is 18.1 Å². The van der Waals surface area contributed by atoms with E-state index in [1.807, 2.05) is 7.05 Å². The van der Waals surface area contributed by atoms with Crippen molar-refractivity contribution in [3.8, 4) is 0 Å². The van der Waals surface area contributed by atoms with Crippen LogP contribution in [0.4, 0.5) is 0 Å². The maximum absolute atomic E-state index is 4.24. The van der Waals surface area contributed by atoms with Crippen molar-refractivity contribution in [2.45, 2.75) is 25.8 Å². The van der Waals surface area contributed by atoms with Crippen molar-refractivity contribution in [1.82, 2.24) is 30.3 Å². The minimum absolute atomic E-state index is 0. The van der Waals surface area contributed by atoms with Crippen LogP contribution in [0.1, 0.15) is 25.1 Å². The normalized spacial score (nSPS) is 17.1. The number of hydrogen-bond acceptors (Lipinski definition) is 4. The molecule has 2 N–H and O–H groups in total. The fourth-order valence-corrected chi connectivity index (χ4v) is 2.61. The molecule has 0 aromatic carbocycles. The van der Waals surface area contributed by atoms with Crippen LogP contribution >= 0.6 is 24.0 Å². The fourth-order valence-electron chi connectivity index (χ4n) is 2.61. The first-order valence-corrected chi connectivity index (χ1v) is 7.65. The molecule has 7 nitrogen and oxygen atoms in total. The summed E-state index contributed by atoms with van der Waals surface area (Å²) in [6.45, 7) is 4.05. The standard InChI is InChI=1S/C14H27N7.HI/c1-15-14(17-10-13-18-11-19-21(13)3)16-7-4-12-5-8-20(2)9-6-12;/h11-12H,4-10H2,1-3H3,(H2,15,16,17);1H. The van der Waals surface area contributed by atoms with Crippen molar-refractivity contribution in [3.63, 3.8) is 0 Å². The number of nitrogens with one attached hydrogen (secondary N) is 2. The third kappa shape index (κ3) is 6.07. The molecule has 0 radical (unpaired) electrons.